The number of primary amides is 1. The predicted molar refractivity (Wildman–Crippen MR) is 49.4 cm³/mol. The molecule has 1 rings (SSSR count). The van der Waals surface area contributed by atoms with Gasteiger partial charge in [-0.1, -0.05) is 31.2 Å². The van der Waals surface area contributed by atoms with Crippen LogP contribution in [0.15, 0.2) is 35.5 Å². The van der Waals surface area contributed by atoms with E-state index in [9.17, 15) is 4.79 Å². The average Bonchev–Trinajstić information content (AvgIpc) is 2.27. The molecule has 0 aromatic carbocycles. The van der Waals surface area contributed by atoms with Crippen LogP contribution in [0.4, 0.5) is 0 Å². The number of carbonyl (C=O) groups excluding carboxylic acids is 1. The van der Waals surface area contributed by atoms with Crippen LogP contribution in [-0.2, 0) is 4.79 Å². The van der Waals surface area contributed by atoms with E-state index in [0.717, 1.165) is 17.6 Å². The molecule has 0 radical (unpaired) electrons. The second kappa shape index (κ2) is 3.90. The molecule has 2 heteroatoms. The van der Waals surface area contributed by atoms with Crippen LogP contribution in [0.2, 0.25) is 0 Å². The number of rotatable bonds is 2. The fourth-order valence-electron chi connectivity index (χ4n) is 1.26. The molecule has 0 saturated carbocycles. The fourth-order valence-corrected chi connectivity index (χ4v) is 1.26. The van der Waals surface area contributed by atoms with Gasteiger partial charge in [-0.25, -0.2) is 0 Å². The summed E-state index contributed by atoms with van der Waals surface area (Å²) in [5.74, 6) is -0.303. The number of amides is 1. The number of hydrogen-bond donors (Lipinski definition) is 1. The summed E-state index contributed by atoms with van der Waals surface area (Å²) in [4.78, 5) is 11.0. The third-order valence-electron chi connectivity index (χ3n) is 1.93. The van der Waals surface area contributed by atoms with Crippen LogP contribution < -0.4 is 5.73 Å². The van der Waals surface area contributed by atoms with Gasteiger partial charge in [0.05, 0.1) is 0 Å². The highest BCUT2D eigenvalue weighted by Crippen LogP contribution is 2.16. The van der Waals surface area contributed by atoms with E-state index in [0.29, 0.717) is 6.42 Å². The van der Waals surface area contributed by atoms with E-state index >= 15 is 0 Å². The lowest BCUT2D eigenvalue weighted by Crippen LogP contribution is -2.15. The molecular weight excluding hydrogens is 150 g/mol. The van der Waals surface area contributed by atoms with Gasteiger partial charge in [0.15, 0.2) is 0 Å². The van der Waals surface area contributed by atoms with Gasteiger partial charge in [0, 0.05) is 5.57 Å². The van der Waals surface area contributed by atoms with Gasteiger partial charge < -0.3 is 5.73 Å². The van der Waals surface area contributed by atoms with Gasteiger partial charge >= 0.3 is 0 Å². The number of nitrogens with two attached hydrogens (primary N) is 1. The Kier molecular flexibility index (Phi) is 2.86. The molecule has 0 fully saturated rings. The third-order valence-corrected chi connectivity index (χ3v) is 1.93. The third kappa shape index (κ3) is 1.84. The van der Waals surface area contributed by atoms with E-state index in [2.05, 4.69) is 0 Å². The molecule has 12 heavy (non-hydrogen) atoms. The normalized spacial score (nSPS) is 16.4. The van der Waals surface area contributed by atoms with Gasteiger partial charge in [-0.05, 0) is 18.4 Å². The summed E-state index contributed by atoms with van der Waals surface area (Å²) in [7, 11) is 0. The first-order chi connectivity index (χ1) is 5.75. The molecule has 0 aromatic rings. The van der Waals surface area contributed by atoms with Crippen LogP contribution in [0.1, 0.15) is 19.8 Å². The summed E-state index contributed by atoms with van der Waals surface area (Å²) in [6, 6.07) is 0. The summed E-state index contributed by atoms with van der Waals surface area (Å²) in [6.07, 6.45) is 9.28. The molecule has 0 aromatic heterocycles. The highest BCUT2D eigenvalue weighted by molar-refractivity contribution is 5.93. The summed E-state index contributed by atoms with van der Waals surface area (Å²) < 4.78 is 0. The topological polar surface area (TPSA) is 43.1 Å². The molecule has 64 valence electrons. The van der Waals surface area contributed by atoms with Crippen molar-refractivity contribution in [3.05, 3.63) is 35.5 Å². The summed E-state index contributed by atoms with van der Waals surface area (Å²) in [5, 5.41) is 0. The van der Waals surface area contributed by atoms with Gasteiger partial charge in [-0.15, -0.1) is 0 Å². The Balaban J connectivity index is 3.01. The first kappa shape index (κ1) is 8.78. The zero-order chi connectivity index (χ0) is 8.97. The molecule has 0 spiro atoms. The molecule has 0 bridgehead atoms. The molecule has 0 heterocycles. The van der Waals surface area contributed by atoms with Gasteiger partial charge in [0.25, 0.3) is 0 Å². The van der Waals surface area contributed by atoms with Crippen LogP contribution in [0.25, 0.3) is 0 Å². The average molecular weight is 163 g/mol. The lowest BCUT2D eigenvalue weighted by molar-refractivity contribution is -0.114. The predicted octanol–water partition coefficient (Wildman–Crippen LogP) is 1.69. The maximum atomic E-state index is 11.0. The Hall–Kier alpha value is -1.31. The molecule has 0 atom stereocenters. The van der Waals surface area contributed by atoms with Crippen LogP contribution in [0.5, 0.6) is 0 Å². The molecule has 1 aliphatic carbocycles. The smallest absolute Gasteiger partial charge is 0.245 e. The largest absolute Gasteiger partial charge is 0.366 e. The first-order valence-electron chi connectivity index (χ1n) is 4.10. The zero-order valence-electron chi connectivity index (χ0n) is 7.21. The van der Waals surface area contributed by atoms with Crippen molar-refractivity contribution in [1.29, 1.82) is 0 Å². The van der Waals surface area contributed by atoms with Gasteiger partial charge in [0.1, 0.15) is 0 Å². The summed E-state index contributed by atoms with van der Waals surface area (Å²) in [6.45, 7) is 2.02. The van der Waals surface area contributed by atoms with Gasteiger partial charge in [-0.2, -0.15) is 0 Å². The van der Waals surface area contributed by atoms with Crippen molar-refractivity contribution in [2.24, 2.45) is 5.73 Å². The molecule has 0 unspecified atom stereocenters. The van der Waals surface area contributed by atoms with Crippen molar-refractivity contribution < 1.29 is 4.79 Å². The van der Waals surface area contributed by atoms with Crippen LogP contribution in [0, 0.1) is 0 Å². The Morgan fingerprint density at radius 1 is 1.58 bits per heavy atom. The summed E-state index contributed by atoms with van der Waals surface area (Å²) in [5.41, 5.74) is 7.03. The minimum Gasteiger partial charge on any atom is -0.366 e. The second-order valence-corrected chi connectivity index (χ2v) is 2.71. The highest BCUT2D eigenvalue weighted by atomic mass is 16.1. The molecule has 1 amide bonds. The SMILES string of the molecule is CCC1=C(C(N)=O)CC=CC=C1. The number of allylic oxidation sites excluding steroid dienone is 5. The van der Waals surface area contributed by atoms with E-state index in [1.165, 1.54) is 0 Å². The standard InChI is InChI=1S/C10H13NO/c1-2-8-6-4-3-5-7-9(8)10(11)12/h3-6H,2,7H2,1H3,(H2,11,12). The van der Waals surface area contributed by atoms with Crippen molar-refractivity contribution in [3.63, 3.8) is 0 Å². The van der Waals surface area contributed by atoms with Crippen molar-refractivity contribution in [2.45, 2.75) is 19.8 Å². The van der Waals surface area contributed by atoms with E-state index in [1.807, 2.05) is 31.2 Å². The highest BCUT2D eigenvalue weighted by Gasteiger charge is 2.08. The minimum atomic E-state index is -0.303. The maximum absolute atomic E-state index is 11.0. The van der Waals surface area contributed by atoms with Gasteiger partial charge in [0.2, 0.25) is 5.91 Å². The van der Waals surface area contributed by atoms with Crippen LogP contribution >= 0.6 is 0 Å². The van der Waals surface area contributed by atoms with Gasteiger partial charge in [-0.3, -0.25) is 4.79 Å². The summed E-state index contributed by atoms with van der Waals surface area (Å²) >= 11 is 0. The lowest BCUT2D eigenvalue weighted by atomic mass is 10.0. The quantitative estimate of drug-likeness (QED) is 0.661. The molecule has 1 aliphatic rings. The van der Waals surface area contributed by atoms with E-state index < -0.39 is 0 Å². The Morgan fingerprint density at radius 3 is 2.92 bits per heavy atom. The molecule has 2 nitrogen and oxygen atoms in total. The van der Waals surface area contributed by atoms with Crippen molar-refractivity contribution >= 4 is 5.91 Å². The molecular formula is C10H13NO. The Bertz CT molecular complexity index is 272. The van der Waals surface area contributed by atoms with E-state index in [1.54, 1.807) is 0 Å². The molecule has 0 aliphatic heterocycles. The molecule has 0 saturated heterocycles. The maximum Gasteiger partial charge on any atom is 0.245 e. The second-order valence-electron chi connectivity index (χ2n) is 2.71. The fraction of sp³-hybridized carbons (Fsp3) is 0.300. The number of hydrogen-bond acceptors (Lipinski definition) is 1. The molecule has 2 N–H and O–H groups in total. The monoisotopic (exact) mass is 163 g/mol. The lowest BCUT2D eigenvalue weighted by Gasteiger charge is -2.03. The Labute approximate surface area is 72.5 Å². The Morgan fingerprint density at radius 2 is 2.33 bits per heavy atom. The number of carbonyl (C=O) groups is 1. The van der Waals surface area contributed by atoms with Crippen LogP contribution in [0.3, 0.4) is 0 Å². The zero-order valence-corrected chi connectivity index (χ0v) is 7.21. The van der Waals surface area contributed by atoms with E-state index in [-0.39, 0.29) is 5.91 Å². The minimum absolute atomic E-state index is 0.303. The van der Waals surface area contributed by atoms with Crippen molar-refractivity contribution in [1.82, 2.24) is 0 Å². The van der Waals surface area contributed by atoms with Crippen molar-refractivity contribution in [3.8, 4) is 0 Å². The van der Waals surface area contributed by atoms with Crippen LogP contribution in [-0.4, -0.2) is 5.91 Å². The first-order valence-corrected chi connectivity index (χ1v) is 4.10. The van der Waals surface area contributed by atoms with E-state index in [4.69, 9.17) is 5.73 Å². The van der Waals surface area contributed by atoms with Crippen molar-refractivity contribution in [2.75, 3.05) is 0 Å².